The molecule has 0 fully saturated rings. The molecule has 3 rings (SSSR count). The largest absolute Gasteiger partial charge is 0.494 e. The highest BCUT2D eigenvalue weighted by atomic mass is 16.5. The molecule has 3 aromatic rings. The third-order valence-electron chi connectivity index (χ3n) is 3.78. The molecule has 8 nitrogen and oxygen atoms in total. The number of pyridine rings is 1. The molecule has 0 unspecified atom stereocenters. The lowest BCUT2D eigenvalue weighted by Crippen LogP contribution is -2.13. The molecular formula is C18H23N7O. The summed E-state index contributed by atoms with van der Waals surface area (Å²) in [6.07, 6.45) is 4.40. The molecular weight excluding hydrogens is 330 g/mol. The van der Waals surface area contributed by atoms with E-state index in [-0.39, 0.29) is 5.95 Å². The molecule has 0 aliphatic rings. The number of hydrogen-bond acceptors (Lipinski definition) is 7. The molecule has 1 aromatic carbocycles. The number of ether oxygens (including phenoxy) is 1. The van der Waals surface area contributed by atoms with Crippen LogP contribution in [0.25, 0.3) is 0 Å². The van der Waals surface area contributed by atoms with Crippen LogP contribution in [-0.4, -0.2) is 26.4 Å². The first kappa shape index (κ1) is 17.7. The zero-order valence-corrected chi connectivity index (χ0v) is 14.5. The minimum Gasteiger partial charge on any atom is -0.494 e. The van der Waals surface area contributed by atoms with E-state index in [0.29, 0.717) is 19.1 Å². The Morgan fingerprint density at radius 2 is 1.92 bits per heavy atom. The standard InChI is InChI=1S/C18H23N7O/c19-17-23-18(20)25(24-17)8-3-9-26-16-6-1-4-14(10-16)11-22-13-15-5-2-7-21-12-15/h1-2,4-7,10,12,22H,3,8-9,11,13H2,(H4,19,20,23,24). The van der Waals surface area contributed by atoms with Crippen molar-refractivity contribution in [2.24, 2.45) is 0 Å². The first-order valence-electron chi connectivity index (χ1n) is 8.48. The monoisotopic (exact) mass is 353 g/mol. The van der Waals surface area contributed by atoms with Gasteiger partial charge in [-0.1, -0.05) is 18.2 Å². The van der Waals surface area contributed by atoms with Gasteiger partial charge in [-0.3, -0.25) is 4.98 Å². The van der Waals surface area contributed by atoms with Gasteiger partial charge in [-0.15, -0.1) is 5.10 Å². The molecule has 0 aliphatic heterocycles. The molecule has 0 saturated carbocycles. The van der Waals surface area contributed by atoms with Crippen LogP contribution in [0.4, 0.5) is 11.9 Å². The van der Waals surface area contributed by atoms with Gasteiger partial charge in [0.25, 0.3) is 0 Å². The van der Waals surface area contributed by atoms with Gasteiger partial charge in [0.05, 0.1) is 6.61 Å². The Balaban J connectivity index is 1.41. The number of nitrogens with zero attached hydrogens (tertiary/aromatic N) is 4. The molecule has 0 spiro atoms. The Labute approximate surface area is 152 Å². The van der Waals surface area contributed by atoms with E-state index in [1.807, 2.05) is 30.5 Å². The third kappa shape index (κ3) is 5.18. The Bertz CT molecular complexity index is 819. The van der Waals surface area contributed by atoms with Crippen LogP contribution in [0.15, 0.2) is 48.8 Å². The Kier molecular flexibility index (Phi) is 6.00. The van der Waals surface area contributed by atoms with Gasteiger partial charge in [0, 0.05) is 38.4 Å². The number of nitrogen functional groups attached to an aromatic ring is 2. The van der Waals surface area contributed by atoms with Crippen molar-refractivity contribution in [1.82, 2.24) is 25.1 Å². The van der Waals surface area contributed by atoms with E-state index >= 15 is 0 Å². The van der Waals surface area contributed by atoms with Gasteiger partial charge >= 0.3 is 0 Å². The van der Waals surface area contributed by atoms with Gasteiger partial charge in [-0.25, -0.2) is 4.68 Å². The third-order valence-corrected chi connectivity index (χ3v) is 3.78. The minimum absolute atomic E-state index is 0.190. The molecule has 0 saturated heterocycles. The van der Waals surface area contributed by atoms with Crippen LogP contribution in [0.2, 0.25) is 0 Å². The van der Waals surface area contributed by atoms with Crippen molar-refractivity contribution < 1.29 is 4.74 Å². The highest BCUT2D eigenvalue weighted by Crippen LogP contribution is 2.14. The number of nitrogens with one attached hydrogen (secondary N) is 1. The summed E-state index contributed by atoms with van der Waals surface area (Å²) in [5.41, 5.74) is 13.5. The maximum absolute atomic E-state index is 5.81. The summed E-state index contributed by atoms with van der Waals surface area (Å²) >= 11 is 0. The van der Waals surface area contributed by atoms with E-state index in [9.17, 15) is 0 Å². The maximum atomic E-state index is 5.81. The fourth-order valence-electron chi connectivity index (χ4n) is 2.54. The zero-order valence-electron chi connectivity index (χ0n) is 14.5. The Morgan fingerprint density at radius 1 is 1.08 bits per heavy atom. The Hall–Kier alpha value is -3.13. The number of rotatable bonds is 9. The van der Waals surface area contributed by atoms with E-state index < -0.39 is 0 Å². The summed E-state index contributed by atoms with van der Waals surface area (Å²) in [4.78, 5) is 7.98. The average molecular weight is 353 g/mol. The van der Waals surface area contributed by atoms with Crippen molar-refractivity contribution in [1.29, 1.82) is 0 Å². The molecule has 136 valence electrons. The van der Waals surface area contributed by atoms with Crippen LogP contribution < -0.4 is 21.5 Å². The summed E-state index contributed by atoms with van der Waals surface area (Å²) in [6, 6.07) is 12.0. The number of hydrogen-bond donors (Lipinski definition) is 3. The predicted octanol–water partition coefficient (Wildman–Crippen LogP) is 1.60. The van der Waals surface area contributed by atoms with E-state index in [1.54, 1.807) is 10.9 Å². The molecule has 26 heavy (non-hydrogen) atoms. The van der Waals surface area contributed by atoms with Crippen molar-refractivity contribution in [2.75, 3.05) is 18.1 Å². The second kappa shape index (κ2) is 8.82. The molecule has 2 aromatic heterocycles. The second-order valence-corrected chi connectivity index (χ2v) is 5.87. The molecule has 8 heteroatoms. The molecule has 0 aliphatic carbocycles. The number of benzene rings is 1. The Morgan fingerprint density at radius 3 is 2.69 bits per heavy atom. The molecule has 0 atom stereocenters. The van der Waals surface area contributed by atoms with Gasteiger partial charge in [-0.05, 0) is 29.3 Å². The molecule has 0 amide bonds. The van der Waals surface area contributed by atoms with Crippen molar-refractivity contribution >= 4 is 11.9 Å². The van der Waals surface area contributed by atoms with Gasteiger partial charge in [0.2, 0.25) is 11.9 Å². The molecule has 2 heterocycles. The summed E-state index contributed by atoms with van der Waals surface area (Å²) in [5, 5.41) is 7.42. The van der Waals surface area contributed by atoms with Crippen molar-refractivity contribution in [3.63, 3.8) is 0 Å². The van der Waals surface area contributed by atoms with Crippen molar-refractivity contribution in [2.45, 2.75) is 26.1 Å². The topological polar surface area (TPSA) is 117 Å². The quantitative estimate of drug-likeness (QED) is 0.500. The lowest BCUT2D eigenvalue weighted by Gasteiger charge is -2.09. The normalized spacial score (nSPS) is 10.8. The highest BCUT2D eigenvalue weighted by Gasteiger charge is 2.03. The van der Waals surface area contributed by atoms with Crippen LogP contribution in [-0.2, 0) is 19.6 Å². The second-order valence-electron chi connectivity index (χ2n) is 5.87. The lowest BCUT2D eigenvalue weighted by atomic mass is 10.2. The summed E-state index contributed by atoms with van der Waals surface area (Å²) in [5.74, 6) is 1.36. The van der Waals surface area contributed by atoms with Crippen LogP contribution >= 0.6 is 0 Å². The van der Waals surface area contributed by atoms with Crippen LogP contribution in [0.3, 0.4) is 0 Å². The smallest absolute Gasteiger partial charge is 0.241 e. The van der Waals surface area contributed by atoms with Crippen molar-refractivity contribution in [3.05, 3.63) is 59.9 Å². The van der Waals surface area contributed by atoms with E-state index in [1.165, 1.54) is 5.56 Å². The summed E-state index contributed by atoms with van der Waals surface area (Å²) in [7, 11) is 0. The first-order valence-corrected chi connectivity index (χ1v) is 8.48. The van der Waals surface area contributed by atoms with Gasteiger partial charge in [0.1, 0.15) is 5.75 Å². The number of aromatic nitrogens is 4. The highest BCUT2D eigenvalue weighted by molar-refractivity contribution is 5.28. The van der Waals surface area contributed by atoms with Gasteiger partial charge in [-0.2, -0.15) is 4.98 Å². The van der Waals surface area contributed by atoms with Crippen molar-refractivity contribution in [3.8, 4) is 5.75 Å². The lowest BCUT2D eigenvalue weighted by molar-refractivity contribution is 0.299. The van der Waals surface area contributed by atoms with E-state index in [4.69, 9.17) is 16.2 Å². The summed E-state index contributed by atoms with van der Waals surface area (Å²) in [6.45, 7) is 2.72. The van der Waals surface area contributed by atoms with Crippen LogP contribution in [0.1, 0.15) is 17.5 Å². The maximum Gasteiger partial charge on any atom is 0.241 e. The number of aryl methyl sites for hydroxylation is 1. The minimum atomic E-state index is 0.190. The fraction of sp³-hybridized carbons (Fsp3) is 0.278. The number of anilines is 2. The molecule has 0 bridgehead atoms. The van der Waals surface area contributed by atoms with Crippen LogP contribution in [0, 0.1) is 0 Å². The van der Waals surface area contributed by atoms with Crippen LogP contribution in [0.5, 0.6) is 5.75 Å². The zero-order chi connectivity index (χ0) is 18.2. The van der Waals surface area contributed by atoms with E-state index in [2.05, 4.69) is 32.5 Å². The fourth-order valence-corrected chi connectivity index (χ4v) is 2.54. The van der Waals surface area contributed by atoms with E-state index in [0.717, 1.165) is 30.8 Å². The molecule has 5 N–H and O–H groups in total. The average Bonchev–Trinajstić information content (AvgIpc) is 2.97. The van der Waals surface area contributed by atoms with Gasteiger partial charge < -0.3 is 21.5 Å². The van der Waals surface area contributed by atoms with Gasteiger partial charge in [0.15, 0.2) is 0 Å². The molecule has 0 radical (unpaired) electrons. The predicted molar refractivity (Wildman–Crippen MR) is 100 cm³/mol. The summed E-state index contributed by atoms with van der Waals surface area (Å²) < 4.78 is 7.39. The SMILES string of the molecule is Nc1nc(N)n(CCCOc2cccc(CNCc3cccnc3)c2)n1. The first-order chi connectivity index (χ1) is 12.7. The number of nitrogens with two attached hydrogens (primary N) is 2.